The van der Waals surface area contributed by atoms with Crippen molar-refractivity contribution in [1.82, 2.24) is 0 Å². The molecule has 3 heteroatoms. The Morgan fingerprint density at radius 2 is 1.88 bits per heavy atom. The van der Waals surface area contributed by atoms with E-state index in [1.54, 1.807) is 0 Å². The lowest BCUT2D eigenvalue weighted by atomic mass is 9.89. The minimum absolute atomic E-state index is 0.0464. The minimum Gasteiger partial charge on any atom is -0.349 e. The number of ether oxygens (including phenoxy) is 2. The molecule has 0 bridgehead atoms. The van der Waals surface area contributed by atoms with Gasteiger partial charge in [-0.25, -0.2) is 0 Å². The molecule has 3 nitrogen and oxygen atoms in total. The van der Waals surface area contributed by atoms with E-state index in [0.29, 0.717) is 0 Å². The third kappa shape index (κ3) is 3.72. The van der Waals surface area contributed by atoms with Gasteiger partial charge in [0.2, 0.25) is 0 Å². The van der Waals surface area contributed by atoms with Gasteiger partial charge in [0, 0.05) is 6.42 Å². The third-order valence-corrected chi connectivity index (χ3v) is 3.01. The first-order valence-corrected chi connectivity index (χ1v) is 6.25. The number of rotatable bonds is 3. The van der Waals surface area contributed by atoms with Crippen molar-refractivity contribution in [2.24, 2.45) is 5.41 Å². The molecule has 2 atom stereocenters. The number of quaternary nitrogens is 1. The highest BCUT2D eigenvalue weighted by molar-refractivity contribution is 4.83. The van der Waals surface area contributed by atoms with Crippen LogP contribution in [0.3, 0.4) is 0 Å². The highest BCUT2D eigenvalue weighted by atomic mass is 16.7. The summed E-state index contributed by atoms with van der Waals surface area (Å²) in [5.41, 5.74) is -0.0218. The fourth-order valence-electron chi connectivity index (χ4n) is 2.66. The van der Waals surface area contributed by atoms with Crippen LogP contribution in [0.1, 0.15) is 41.0 Å². The van der Waals surface area contributed by atoms with Crippen LogP contribution in [0.25, 0.3) is 0 Å². The molecule has 0 aromatic carbocycles. The molecule has 1 rings (SSSR count). The summed E-state index contributed by atoms with van der Waals surface area (Å²) in [6.45, 7) is 11.9. The zero-order valence-corrected chi connectivity index (χ0v) is 11.9. The summed E-state index contributed by atoms with van der Waals surface area (Å²) in [7, 11) is 4.33. The lowest BCUT2D eigenvalue weighted by Gasteiger charge is -2.45. The van der Waals surface area contributed by atoms with E-state index < -0.39 is 0 Å². The largest absolute Gasteiger partial charge is 0.349 e. The van der Waals surface area contributed by atoms with Gasteiger partial charge in [0.15, 0.2) is 6.29 Å². The minimum atomic E-state index is -0.0962. The van der Waals surface area contributed by atoms with Crippen LogP contribution >= 0.6 is 0 Å². The van der Waals surface area contributed by atoms with Gasteiger partial charge in [-0.1, -0.05) is 0 Å². The summed E-state index contributed by atoms with van der Waals surface area (Å²) in [4.78, 5) is 1.42. The second kappa shape index (κ2) is 4.63. The second-order valence-electron chi connectivity index (χ2n) is 6.73. The zero-order chi connectivity index (χ0) is 12.6. The molecule has 0 saturated carbocycles. The summed E-state index contributed by atoms with van der Waals surface area (Å²) in [6, 6.07) is 0. The molecule has 96 valence electrons. The average molecular weight is 230 g/mol. The Labute approximate surface area is 100 Å². The van der Waals surface area contributed by atoms with Crippen molar-refractivity contribution in [1.29, 1.82) is 0 Å². The van der Waals surface area contributed by atoms with Crippen LogP contribution in [0, 0.1) is 5.41 Å². The molecular formula is C13H28NO2+. The van der Waals surface area contributed by atoms with Crippen LogP contribution in [0.5, 0.6) is 0 Å². The van der Waals surface area contributed by atoms with E-state index >= 15 is 0 Å². The second-order valence-corrected chi connectivity index (χ2v) is 6.73. The van der Waals surface area contributed by atoms with Crippen LogP contribution in [-0.4, -0.2) is 38.6 Å². The standard InChI is InChI=1S/C13H27NO2/c1-10-8-13(4,5)16-11(15-10)12(2,3)9-14(6)7/h10-11H,8-9H2,1-7H3/p+1. The predicted molar refractivity (Wildman–Crippen MR) is 65.6 cm³/mol. The van der Waals surface area contributed by atoms with Gasteiger partial charge < -0.3 is 14.4 Å². The van der Waals surface area contributed by atoms with Crippen molar-refractivity contribution in [3.63, 3.8) is 0 Å². The lowest BCUT2D eigenvalue weighted by molar-refractivity contribution is -0.866. The van der Waals surface area contributed by atoms with E-state index in [4.69, 9.17) is 9.47 Å². The molecule has 1 fully saturated rings. The van der Waals surface area contributed by atoms with Crippen LogP contribution < -0.4 is 4.90 Å². The molecule has 2 unspecified atom stereocenters. The first kappa shape index (κ1) is 13.9. The van der Waals surface area contributed by atoms with E-state index in [1.807, 2.05) is 0 Å². The Balaban J connectivity index is 2.71. The summed E-state index contributed by atoms with van der Waals surface area (Å²) in [6.07, 6.45) is 1.15. The highest BCUT2D eigenvalue weighted by Crippen LogP contribution is 2.35. The Kier molecular flexibility index (Phi) is 4.04. The Morgan fingerprint density at radius 1 is 1.31 bits per heavy atom. The molecule has 0 aromatic heterocycles. The van der Waals surface area contributed by atoms with Gasteiger partial charge in [-0.2, -0.15) is 0 Å². The van der Waals surface area contributed by atoms with E-state index in [0.717, 1.165) is 13.0 Å². The van der Waals surface area contributed by atoms with Gasteiger partial charge in [0.25, 0.3) is 0 Å². The quantitative estimate of drug-likeness (QED) is 0.784. The van der Waals surface area contributed by atoms with Gasteiger partial charge in [0.05, 0.1) is 37.8 Å². The van der Waals surface area contributed by atoms with Crippen LogP contribution in [0.2, 0.25) is 0 Å². The average Bonchev–Trinajstić information content (AvgIpc) is 1.96. The van der Waals surface area contributed by atoms with Crippen LogP contribution in [-0.2, 0) is 9.47 Å². The van der Waals surface area contributed by atoms with Crippen molar-refractivity contribution in [2.45, 2.75) is 59.0 Å². The van der Waals surface area contributed by atoms with Gasteiger partial charge in [-0.05, 0) is 34.6 Å². The maximum absolute atomic E-state index is 6.07. The maximum atomic E-state index is 6.07. The van der Waals surface area contributed by atoms with Crippen molar-refractivity contribution in [3.8, 4) is 0 Å². The van der Waals surface area contributed by atoms with E-state index in [2.05, 4.69) is 48.7 Å². The van der Waals surface area contributed by atoms with Crippen molar-refractivity contribution in [2.75, 3.05) is 20.6 Å². The Hall–Kier alpha value is -0.120. The van der Waals surface area contributed by atoms with Crippen molar-refractivity contribution < 1.29 is 14.4 Å². The van der Waals surface area contributed by atoms with Gasteiger partial charge in [-0.3, -0.25) is 0 Å². The topological polar surface area (TPSA) is 22.9 Å². The smallest absolute Gasteiger partial charge is 0.169 e. The Bertz CT molecular complexity index is 236. The van der Waals surface area contributed by atoms with Crippen LogP contribution in [0.4, 0.5) is 0 Å². The fourth-order valence-corrected chi connectivity index (χ4v) is 2.66. The first-order valence-electron chi connectivity index (χ1n) is 6.25. The molecule has 0 aliphatic carbocycles. The van der Waals surface area contributed by atoms with Gasteiger partial charge in [0.1, 0.15) is 0 Å². The van der Waals surface area contributed by atoms with Crippen molar-refractivity contribution >= 4 is 0 Å². The SMILES string of the molecule is CC1CC(C)(C)OC(C(C)(C)C[NH+](C)C)O1. The molecule has 0 spiro atoms. The number of nitrogens with one attached hydrogen (secondary N) is 1. The highest BCUT2D eigenvalue weighted by Gasteiger charge is 2.42. The van der Waals surface area contributed by atoms with Gasteiger partial charge in [-0.15, -0.1) is 0 Å². The Morgan fingerprint density at radius 3 is 2.31 bits per heavy atom. The molecule has 16 heavy (non-hydrogen) atoms. The summed E-state index contributed by atoms with van der Waals surface area (Å²) < 4.78 is 12.0. The monoisotopic (exact) mass is 230 g/mol. The molecule has 0 aromatic rings. The van der Waals surface area contributed by atoms with E-state index in [-0.39, 0.29) is 23.4 Å². The molecule has 0 radical (unpaired) electrons. The number of hydrogen-bond donors (Lipinski definition) is 1. The van der Waals surface area contributed by atoms with E-state index in [1.165, 1.54) is 4.90 Å². The first-order chi connectivity index (χ1) is 7.12. The molecular weight excluding hydrogens is 202 g/mol. The summed E-state index contributed by atoms with van der Waals surface area (Å²) in [5.74, 6) is 0. The molecule has 1 saturated heterocycles. The lowest BCUT2D eigenvalue weighted by Crippen LogP contribution is -3.07. The van der Waals surface area contributed by atoms with Crippen LogP contribution in [0.15, 0.2) is 0 Å². The van der Waals surface area contributed by atoms with Crippen molar-refractivity contribution in [3.05, 3.63) is 0 Å². The summed E-state index contributed by atoms with van der Waals surface area (Å²) in [5, 5.41) is 0. The van der Waals surface area contributed by atoms with E-state index in [9.17, 15) is 0 Å². The fraction of sp³-hybridized carbons (Fsp3) is 1.00. The molecule has 1 aliphatic rings. The third-order valence-electron chi connectivity index (χ3n) is 3.01. The molecule has 0 amide bonds. The maximum Gasteiger partial charge on any atom is 0.169 e. The molecule has 1 aliphatic heterocycles. The number of hydrogen-bond acceptors (Lipinski definition) is 2. The zero-order valence-electron chi connectivity index (χ0n) is 11.9. The molecule has 1 N–H and O–H groups in total. The summed E-state index contributed by atoms with van der Waals surface area (Å²) >= 11 is 0. The predicted octanol–water partition coefficient (Wildman–Crippen LogP) is 1.09. The molecule has 1 heterocycles. The normalized spacial score (nSPS) is 30.8. The van der Waals surface area contributed by atoms with Gasteiger partial charge >= 0.3 is 0 Å².